The quantitative estimate of drug-likeness (QED) is 0.349. The minimum atomic E-state index is -0.705. The number of anilines is 1. The number of aromatic hydroxyl groups is 1. The van der Waals surface area contributed by atoms with E-state index in [-0.39, 0.29) is 17.9 Å². The van der Waals surface area contributed by atoms with Crippen LogP contribution in [0.1, 0.15) is 37.0 Å². The fourth-order valence-electron chi connectivity index (χ4n) is 1.65. The average Bonchev–Trinajstić information content (AvgIpc) is 2.47. The van der Waals surface area contributed by atoms with Gasteiger partial charge in [-0.2, -0.15) is 4.89 Å². The van der Waals surface area contributed by atoms with Crippen molar-refractivity contribution in [3.8, 4) is 5.75 Å². The Morgan fingerprint density at radius 3 is 2.76 bits per heavy atom. The van der Waals surface area contributed by atoms with Crippen LogP contribution in [0.2, 0.25) is 0 Å². The number of hydrogen-bond donors (Lipinski definition) is 3. The molecule has 1 aromatic rings. The third-order valence-electron chi connectivity index (χ3n) is 2.82. The van der Waals surface area contributed by atoms with Crippen molar-refractivity contribution in [2.45, 2.75) is 26.7 Å². The summed E-state index contributed by atoms with van der Waals surface area (Å²) >= 11 is 0. The van der Waals surface area contributed by atoms with Crippen molar-refractivity contribution in [3.05, 3.63) is 23.8 Å². The summed E-state index contributed by atoms with van der Waals surface area (Å²) in [5.41, 5.74) is 0.852. The van der Waals surface area contributed by atoms with E-state index in [2.05, 4.69) is 22.4 Å². The Morgan fingerprint density at radius 2 is 2.10 bits per heavy atom. The molecule has 6 nitrogen and oxygen atoms in total. The van der Waals surface area contributed by atoms with E-state index in [1.807, 2.05) is 6.92 Å². The Morgan fingerprint density at radius 1 is 1.29 bits per heavy atom. The molecule has 0 aromatic heterocycles. The van der Waals surface area contributed by atoms with E-state index in [1.165, 1.54) is 12.1 Å². The Kier molecular flexibility index (Phi) is 8.23. The second kappa shape index (κ2) is 10.0. The molecule has 1 aromatic carbocycles. The minimum Gasteiger partial charge on any atom is -0.507 e. The van der Waals surface area contributed by atoms with Crippen LogP contribution in [0.3, 0.4) is 0 Å². The number of likely N-dealkylation sites (N-methyl/N-ethyl adjacent to an activating group) is 1. The van der Waals surface area contributed by atoms with Crippen LogP contribution in [0.5, 0.6) is 5.75 Å². The van der Waals surface area contributed by atoms with E-state index in [0.717, 1.165) is 31.6 Å². The van der Waals surface area contributed by atoms with Gasteiger partial charge in [-0.25, -0.2) is 4.79 Å². The molecule has 0 spiro atoms. The number of rotatable bonds is 10. The van der Waals surface area contributed by atoms with E-state index < -0.39 is 5.97 Å². The van der Waals surface area contributed by atoms with Crippen molar-refractivity contribution < 1.29 is 19.7 Å². The molecule has 1 rings (SSSR count). The van der Waals surface area contributed by atoms with Gasteiger partial charge in [0.15, 0.2) is 0 Å². The summed E-state index contributed by atoms with van der Waals surface area (Å²) in [7, 11) is 0. The van der Waals surface area contributed by atoms with Gasteiger partial charge in [-0.05, 0) is 25.1 Å². The molecule has 0 aliphatic heterocycles. The first-order chi connectivity index (χ1) is 10.2. The molecule has 0 amide bonds. The van der Waals surface area contributed by atoms with Crippen LogP contribution in [0, 0.1) is 0 Å². The highest BCUT2D eigenvalue weighted by Gasteiger charge is 2.14. The number of benzene rings is 1. The summed E-state index contributed by atoms with van der Waals surface area (Å²) in [6, 6.07) is 4.75. The highest BCUT2D eigenvalue weighted by Crippen LogP contribution is 2.22. The number of phenols is 1. The highest BCUT2D eigenvalue weighted by atomic mass is 17.2. The first-order valence-electron chi connectivity index (χ1n) is 7.30. The number of nitrogens with one attached hydrogen (secondary N) is 2. The van der Waals surface area contributed by atoms with Crippen LogP contribution in [-0.4, -0.2) is 37.3 Å². The van der Waals surface area contributed by atoms with E-state index in [9.17, 15) is 9.90 Å². The average molecular weight is 296 g/mol. The molecule has 0 radical (unpaired) electrons. The summed E-state index contributed by atoms with van der Waals surface area (Å²) < 4.78 is 0. The lowest BCUT2D eigenvalue weighted by molar-refractivity contribution is -0.239. The first-order valence-corrected chi connectivity index (χ1v) is 7.30. The fraction of sp³-hybridized carbons (Fsp3) is 0.533. The first kappa shape index (κ1) is 17.3. The van der Waals surface area contributed by atoms with Gasteiger partial charge < -0.3 is 15.7 Å². The number of phenolic OH excluding ortho intramolecular Hbond substituents is 1. The Hall–Kier alpha value is -1.79. The number of hydrogen-bond acceptors (Lipinski definition) is 6. The van der Waals surface area contributed by atoms with Crippen LogP contribution >= 0.6 is 0 Å². The molecule has 0 atom stereocenters. The van der Waals surface area contributed by atoms with Crippen LogP contribution in [-0.2, 0) is 9.78 Å². The minimum absolute atomic E-state index is 0.0829. The van der Waals surface area contributed by atoms with E-state index in [4.69, 9.17) is 4.89 Å². The summed E-state index contributed by atoms with van der Waals surface area (Å²) in [4.78, 5) is 21.1. The van der Waals surface area contributed by atoms with Crippen LogP contribution in [0.25, 0.3) is 0 Å². The zero-order chi connectivity index (χ0) is 15.5. The van der Waals surface area contributed by atoms with Gasteiger partial charge in [0.2, 0.25) is 0 Å². The molecule has 118 valence electrons. The number of unbranched alkanes of at least 4 members (excludes halogenated alkanes) is 1. The van der Waals surface area contributed by atoms with E-state index in [0.29, 0.717) is 6.54 Å². The molecular formula is C15H24N2O4. The molecule has 6 heteroatoms. The van der Waals surface area contributed by atoms with Gasteiger partial charge >= 0.3 is 5.97 Å². The largest absolute Gasteiger partial charge is 0.507 e. The monoisotopic (exact) mass is 296 g/mol. The molecule has 0 saturated carbocycles. The summed E-state index contributed by atoms with van der Waals surface area (Å²) in [6.07, 6.45) is 2.14. The molecule has 0 fully saturated rings. The van der Waals surface area contributed by atoms with Crippen molar-refractivity contribution in [2.75, 3.05) is 31.6 Å². The topological polar surface area (TPSA) is 79.8 Å². The van der Waals surface area contributed by atoms with Crippen molar-refractivity contribution in [3.63, 3.8) is 0 Å². The molecule has 0 saturated heterocycles. The van der Waals surface area contributed by atoms with Gasteiger partial charge in [-0.15, -0.1) is 0 Å². The molecule has 21 heavy (non-hydrogen) atoms. The lowest BCUT2D eigenvalue weighted by atomic mass is 10.2. The zero-order valence-corrected chi connectivity index (χ0v) is 12.6. The van der Waals surface area contributed by atoms with Gasteiger partial charge in [0.25, 0.3) is 0 Å². The third kappa shape index (κ3) is 6.46. The molecule has 0 aliphatic carbocycles. The highest BCUT2D eigenvalue weighted by molar-refractivity contribution is 5.92. The second-order valence-electron chi connectivity index (χ2n) is 4.56. The maximum absolute atomic E-state index is 11.7. The van der Waals surface area contributed by atoms with Crippen LogP contribution < -0.4 is 10.6 Å². The Labute approximate surface area is 125 Å². The van der Waals surface area contributed by atoms with Crippen molar-refractivity contribution in [1.82, 2.24) is 5.32 Å². The molecule has 0 heterocycles. The smallest absolute Gasteiger partial charge is 0.376 e. The SMILES string of the molecule is CCCCNc1ccc(C(=O)OOCCNCC)c(O)c1. The number of carbonyl (C=O) groups excluding carboxylic acids is 1. The molecular weight excluding hydrogens is 272 g/mol. The summed E-state index contributed by atoms with van der Waals surface area (Å²) in [5.74, 6) is -0.833. The molecule has 0 bridgehead atoms. The standard InChI is InChI=1S/C15H24N2O4/c1-3-5-8-17-12-6-7-13(14(18)11-12)15(19)21-20-10-9-16-4-2/h6-7,11,16-18H,3-5,8-10H2,1-2H3. The fourth-order valence-corrected chi connectivity index (χ4v) is 1.65. The maximum atomic E-state index is 11.7. The third-order valence-corrected chi connectivity index (χ3v) is 2.82. The maximum Gasteiger partial charge on any atom is 0.376 e. The van der Waals surface area contributed by atoms with Gasteiger partial charge in [-0.3, -0.25) is 4.89 Å². The van der Waals surface area contributed by atoms with Crippen molar-refractivity contribution >= 4 is 11.7 Å². The van der Waals surface area contributed by atoms with Crippen molar-refractivity contribution in [1.29, 1.82) is 0 Å². The van der Waals surface area contributed by atoms with Gasteiger partial charge in [0.05, 0.1) is 0 Å². The summed E-state index contributed by atoms with van der Waals surface area (Å²) in [5, 5.41) is 16.0. The Bertz CT molecular complexity index is 438. The molecule has 0 aliphatic rings. The van der Waals surface area contributed by atoms with E-state index >= 15 is 0 Å². The van der Waals surface area contributed by atoms with Crippen LogP contribution in [0.15, 0.2) is 18.2 Å². The Balaban J connectivity index is 2.45. The summed E-state index contributed by atoms with van der Waals surface area (Å²) in [6.45, 7) is 6.58. The number of carbonyl (C=O) groups is 1. The van der Waals surface area contributed by atoms with Crippen LogP contribution in [0.4, 0.5) is 5.69 Å². The zero-order valence-electron chi connectivity index (χ0n) is 12.6. The lowest BCUT2D eigenvalue weighted by Crippen LogP contribution is -2.20. The van der Waals surface area contributed by atoms with Crippen molar-refractivity contribution in [2.24, 2.45) is 0 Å². The van der Waals surface area contributed by atoms with Gasteiger partial charge in [0.1, 0.15) is 17.9 Å². The lowest BCUT2D eigenvalue weighted by Gasteiger charge is -2.09. The van der Waals surface area contributed by atoms with Gasteiger partial charge in [-0.1, -0.05) is 20.3 Å². The second-order valence-corrected chi connectivity index (χ2v) is 4.56. The van der Waals surface area contributed by atoms with Gasteiger partial charge in [0, 0.05) is 24.8 Å². The molecule has 3 N–H and O–H groups in total. The predicted molar refractivity (Wildman–Crippen MR) is 81.4 cm³/mol. The normalized spacial score (nSPS) is 10.4. The molecule has 0 unspecified atom stereocenters. The van der Waals surface area contributed by atoms with E-state index in [1.54, 1.807) is 6.07 Å². The predicted octanol–water partition coefficient (Wildman–Crippen LogP) is 2.30.